The molecule has 1 heterocycles. The Hall–Kier alpha value is -2.67. The third kappa shape index (κ3) is 4.42. The van der Waals surface area contributed by atoms with Gasteiger partial charge in [0.2, 0.25) is 5.95 Å². The van der Waals surface area contributed by atoms with E-state index in [1.165, 1.54) is 0 Å². The number of halogens is 1. The standard InChI is InChI=1S/C17H16BrN5O/c1-24-15-7-5-12(6-8-15)10-19-17-22-16(11-20-23-17)21-14-4-2-3-13(18)9-14/h2-9,11H,10H2,1H3,(H2,19,21,22,23). The summed E-state index contributed by atoms with van der Waals surface area (Å²) in [5.74, 6) is 1.92. The lowest BCUT2D eigenvalue weighted by atomic mass is 10.2. The number of rotatable bonds is 6. The van der Waals surface area contributed by atoms with Gasteiger partial charge in [-0.05, 0) is 35.9 Å². The van der Waals surface area contributed by atoms with Gasteiger partial charge in [0.15, 0.2) is 5.82 Å². The SMILES string of the molecule is COc1ccc(CNc2nncc(Nc3cccc(Br)c3)n2)cc1. The van der Waals surface area contributed by atoms with Crippen molar-refractivity contribution in [1.82, 2.24) is 15.2 Å². The van der Waals surface area contributed by atoms with Crippen molar-refractivity contribution in [1.29, 1.82) is 0 Å². The largest absolute Gasteiger partial charge is 0.497 e. The zero-order valence-corrected chi connectivity index (χ0v) is 14.6. The Morgan fingerprint density at radius 3 is 2.71 bits per heavy atom. The van der Waals surface area contributed by atoms with E-state index in [1.807, 2.05) is 48.5 Å². The van der Waals surface area contributed by atoms with Crippen LogP contribution in [0.3, 0.4) is 0 Å². The van der Waals surface area contributed by atoms with Crippen LogP contribution in [0.25, 0.3) is 0 Å². The third-order valence-corrected chi connectivity index (χ3v) is 3.76. The van der Waals surface area contributed by atoms with Gasteiger partial charge in [-0.15, -0.1) is 5.10 Å². The van der Waals surface area contributed by atoms with Gasteiger partial charge >= 0.3 is 0 Å². The fourth-order valence-corrected chi connectivity index (χ4v) is 2.48. The van der Waals surface area contributed by atoms with Crippen LogP contribution in [0.1, 0.15) is 5.56 Å². The zero-order valence-electron chi connectivity index (χ0n) is 13.0. The molecular weight excluding hydrogens is 370 g/mol. The second kappa shape index (κ2) is 7.74. The summed E-state index contributed by atoms with van der Waals surface area (Å²) < 4.78 is 6.14. The maximum atomic E-state index is 5.15. The number of nitrogens with one attached hydrogen (secondary N) is 2. The zero-order chi connectivity index (χ0) is 16.8. The predicted octanol–water partition coefficient (Wildman–Crippen LogP) is 4.00. The molecule has 0 atom stereocenters. The van der Waals surface area contributed by atoms with Crippen molar-refractivity contribution in [3.05, 3.63) is 64.8 Å². The first kappa shape index (κ1) is 16.2. The topological polar surface area (TPSA) is 72.0 Å². The summed E-state index contributed by atoms with van der Waals surface area (Å²) in [6.45, 7) is 0.603. The molecule has 0 unspecified atom stereocenters. The Kier molecular flexibility index (Phi) is 5.22. The molecule has 6 nitrogen and oxygen atoms in total. The van der Waals surface area contributed by atoms with Crippen LogP contribution >= 0.6 is 15.9 Å². The smallest absolute Gasteiger partial charge is 0.244 e. The number of nitrogens with zero attached hydrogens (tertiary/aromatic N) is 3. The molecule has 3 rings (SSSR count). The van der Waals surface area contributed by atoms with Crippen LogP contribution in [0.5, 0.6) is 5.75 Å². The highest BCUT2D eigenvalue weighted by atomic mass is 79.9. The van der Waals surface area contributed by atoms with Crippen molar-refractivity contribution in [2.24, 2.45) is 0 Å². The van der Waals surface area contributed by atoms with Crippen LogP contribution in [0.15, 0.2) is 59.2 Å². The Bertz CT molecular complexity index is 810. The maximum absolute atomic E-state index is 5.15. The van der Waals surface area contributed by atoms with E-state index in [-0.39, 0.29) is 0 Å². The number of hydrogen-bond acceptors (Lipinski definition) is 6. The number of benzene rings is 2. The summed E-state index contributed by atoms with van der Waals surface area (Å²) in [5.41, 5.74) is 2.02. The van der Waals surface area contributed by atoms with Crippen molar-refractivity contribution in [2.45, 2.75) is 6.54 Å². The lowest BCUT2D eigenvalue weighted by Gasteiger charge is -2.08. The third-order valence-electron chi connectivity index (χ3n) is 3.27. The van der Waals surface area contributed by atoms with Gasteiger partial charge in [0.25, 0.3) is 0 Å². The Balaban J connectivity index is 1.64. The highest BCUT2D eigenvalue weighted by Crippen LogP contribution is 2.19. The lowest BCUT2D eigenvalue weighted by molar-refractivity contribution is 0.414. The molecule has 2 N–H and O–H groups in total. The molecule has 0 aliphatic carbocycles. The summed E-state index contributed by atoms with van der Waals surface area (Å²) in [7, 11) is 1.65. The number of anilines is 3. The molecule has 0 aliphatic rings. The van der Waals surface area contributed by atoms with E-state index >= 15 is 0 Å². The molecule has 0 saturated heterocycles. The molecule has 122 valence electrons. The van der Waals surface area contributed by atoms with Crippen LogP contribution in [0, 0.1) is 0 Å². The molecule has 0 radical (unpaired) electrons. The molecule has 0 aliphatic heterocycles. The van der Waals surface area contributed by atoms with Crippen molar-refractivity contribution >= 4 is 33.4 Å². The van der Waals surface area contributed by atoms with E-state index in [2.05, 4.69) is 41.7 Å². The Morgan fingerprint density at radius 2 is 1.96 bits per heavy atom. The summed E-state index contributed by atoms with van der Waals surface area (Å²) in [6.07, 6.45) is 1.58. The van der Waals surface area contributed by atoms with Crippen LogP contribution in [0.4, 0.5) is 17.5 Å². The van der Waals surface area contributed by atoms with Crippen LogP contribution in [-0.4, -0.2) is 22.3 Å². The molecular formula is C17H16BrN5O. The van der Waals surface area contributed by atoms with Gasteiger partial charge in [-0.25, -0.2) is 0 Å². The second-order valence-corrected chi connectivity index (χ2v) is 5.92. The first-order valence-corrected chi connectivity index (χ1v) is 8.11. The van der Waals surface area contributed by atoms with Crippen molar-refractivity contribution in [2.75, 3.05) is 17.7 Å². The minimum absolute atomic E-state index is 0.464. The minimum atomic E-state index is 0.464. The van der Waals surface area contributed by atoms with Gasteiger partial charge in [-0.2, -0.15) is 10.1 Å². The molecule has 7 heteroatoms. The average Bonchev–Trinajstić information content (AvgIpc) is 2.61. The van der Waals surface area contributed by atoms with E-state index in [0.29, 0.717) is 18.3 Å². The molecule has 1 aromatic heterocycles. The van der Waals surface area contributed by atoms with Gasteiger partial charge in [0, 0.05) is 16.7 Å². The highest BCUT2D eigenvalue weighted by molar-refractivity contribution is 9.10. The van der Waals surface area contributed by atoms with Gasteiger partial charge in [0.1, 0.15) is 5.75 Å². The van der Waals surface area contributed by atoms with Crippen molar-refractivity contribution in [3.63, 3.8) is 0 Å². The van der Waals surface area contributed by atoms with Gasteiger partial charge in [0.05, 0.1) is 13.3 Å². The van der Waals surface area contributed by atoms with Gasteiger partial charge in [-0.1, -0.05) is 34.1 Å². The molecule has 2 aromatic carbocycles. The van der Waals surface area contributed by atoms with E-state index in [0.717, 1.165) is 21.5 Å². The number of hydrogen-bond donors (Lipinski definition) is 2. The summed E-state index contributed by atoms with van der Waals surface area (Å²) in [4.78, 5) is 4.41. The van der Waals surface area contributed by atoms with Crippen molar-refractivity contribution in [3.8, 4) is 5.75 Å². The number of methoxy groups -OCH3 is 1. The molecule has 0 amide bonds. The molecule has 0 saturated carbocycles. The highest BCUT2D eigenvalue weighted by Gasteiger charge is 2.02. The van der Waals surface area contributed by atoms with E-state index in [9.17, 15) is 0 Å². The summed E-state index contributed by atoms with van der Waals surface area (Å²) >= 11 is 3.44. The summed E-state index contributed by atoms with van der Waals surface area (Å²) in [6, 6.07) is 15.6. The number of aromatic nitrogens is 3. The predicted molar refractivity (Wildman–Crippen MR) is 97.6 cm³/mol. The summed E-state index contributed by atoms with van der Waals surface area (Å²) in [5, 5.41) is 14.3. The average molecular weight is 386 g/mol. The molecule has 24 heavy (non-hydrogen) atoms. The molecule has 0 bridgehead atoms. The van der Waals surface area contributed by atoms with Crippen LogP contribution in [-0.2, 0) is 6.54 Å². The quantitative estimate of drug-likeness (QED) is 0.667. The molecule has 3 aromatic rings. The van der Waals surface area contributed by atoms with Crippen molar-refractivity contribution < 1.29 is 4.74 Å². The molecule has 0 spiro atoms. The van der Waals surface area contributed by atoms with Gasteiger partial charge in [-0.3, -0.25) is 0 Å². The fourth-order valence-electron chi connectivity index (χ4n) is 2.08. The lowest BCUT2D eigenvalue weighted by Crippen LogP contribution is -2.06. The van der Waals surface area contributed by atoms with E-state index in [4.69, 9.17) is 4.74 Å². The normalized spacial score (nSPS) is 10.2. The van der Waals surface area contributed by atoms with E-state index < -0.39 is 0 Å². The monoisotopic (exact) mass is 385 g/mol. The van der Waals surface area contributed by atoms with Crippen LogP contribution < -0.4 is 15.4 Å². The first-order valence-electron chi connectivity index (χ1n) is 7.32. The van der Waals surface area contributed by atoms with Gasteiger partial charge < -0.3 is 15.4 Å². The second-order valence-electron chi connectivity index (χ2n) is 5.00. The minimum Gasteiger partial charge on any atom is -0.497 e. The Labute approximate surface area is 148 Å². The fraction of sp³-hybridized carbons (Fsp3) is 0.118. The van der Waals surface area contributed by atoms with Crippen LogP contribution in [0.2, 0.25) is 0 Å². The maximum Gasteiger partial charge on any atom is 0.244 e. The van der Waals surface area contributed by atoms with E-state index in [1.54, 1.807) is 13.3 Å². The Morgan fingerprint density at radius 1 is 1.12 bits per heavy atom. The number of ether oxygens (including phenoxy) is 1. The first-order chi connectivity index (χ1) is 11.7. The molecule has 0 fully saturated rings.